The van der Waals surface area contributed by atoms with Gasteiger partial charge in [0.1, 0.15) is 12.4 Å². The number of aromatic nitrogens is 3. The molecule has 3 atom stereocenters. The second kappa shape index (κ2) is 10.9. The number of nitrogens with one attached hydrogen (secondary N) is 2. The van der Waals surface area contributed by atoms with Gasteiger partial charge in [0.25, 0.3) is 0 Å². The van der Waals surface area contributed by atoms with Gasteiger partial charge in [0.15, 0.2) is 12.0 Å². The number of hydrogen-bond acceptors (Lipinski definition) is 9. The zero-order chi connectivity index (χ0) is 30.8. The van der Waals surface area contributed by atoms with Crippen LogP contribution in [0, 0.1) is 5.82 Å². The number of alkyl halides is 1. The van der Waals surface area contributed by atoms with E-state index in [-0.39, 0.29) is 11.4 Å². The summed E-state index contributed by atoms with van der Waals surface area (Å²) in [6.45, 7) is 3.55. The summed E-state index contributed by atoms with van der Waals surface area (Å²) in [5.74, 6) is -0.984. The normalized spacial score (nSPS) is 26.3. The second-order valence-electron chi connectivity index (χ2n) is 13.0. The maximum Gasteiger partial charge on any atom is 0.317 e. The summed E-state index contributed by atoms with van der Waals surface area (Å²) in [5.41, 5.74) is 5.24. The van der Waals surface area contributed by atoms with Crippen LogP contribution in [0.4, 0.5) is 8.78 Å². The molecule has 0 amide bonds. The Morgan fingerprint density at radius 1 is 1.07 bits per heavy atom. The van der Waals surface area contributed by atoms with Crippen LogP contribution < -0.4 is 15.5 Å². The molecule has 0 spiro atoms. The SMILES string of the molecule is CN(C)C1(c2nc(OCC34CCCN3CCC4)nc3ccncc23)C=C2CNCC(c3cccc4cccc(F)c34)C(F)N2N1. The Balaban J connectivity index is 1.17. The fourth-order valence-corrected chi connectivity index (χ4v) is 8.01. The van der Waals surface area contributed by atoms with E-state index in [2.05, 4.69) is 20.6 Å². The van der Waals surface area contributed by atoms with Crippen molar-refractivity contribution in [2.24, 2.45) is 0 Å². The van der Waals surface area contributed by atoms with Crippen LogP contribution in [0.3, 0.4) is 0 Å². The van der Waals surface area contributed by atoms with Crippen LogP contribution >= 0.6 is 0 Å². The highest BCUT2D eigenvalue weighted by molar-refractivity contribution is 5.87. The van der Waals surface area contributed by atoms with Gasteiger partial charge in [-0.05, 0) is 82.0 Å². The zero-order valence-electron chi connectivity index (χ0n) is 25.6. The maximum absolute atomic E-state index is 16.9. The topological polar surface area (TPSA) is 81.7 Å². The molecule has 4 aromatic rings. The van der Waals surface area contributed by atoms with Crippen LogP contribution in [-0.4, -0.2) is 88.5 Å². The average molecular weight is 613 g/mol. The van der Waals surface area contributed by atoms with Crippen molar-refractivity contribution in [1.82, 2.24) is 40.5 Å². The van der Waals surface area contributed by atoms with Gasteiger partial charge in [-0.3, -0.25) is 19.8 Å². The standard InChI is InChI=1S/C34H38F2N8O/c1-42(2)34(30-26-20-37-14-11-28(26)39-32(40-30)45-21-33-12-5-15-43(33)16-6-13-33)17-23-18-38-19-25(31(36)44(23)41-34)24-9-3-7-22-8-4-10-27(35)29(22)24/h3-4,7-11,14,17,20,25,31,38,41H,5-6,12-13,15-16,18-19,21H2,1-2H3. The Bertz CT molecular complexity index is 1780. The van der Waals surface area contributed by atoms with E-state index in [1.807, 2.05) is 55.4 Å². The number of hydrazine groups is 1. The molecule has 4 aliphatic rings. The fraction of sp³-hybridized carbons (Fsp3) is 0.441. The van der Waals surface area contributed by atoms with E-state index >= 15 is 8.78 Å². The predicted octanol–water partition coefficient (Wildman–Crippen LogP) is 4.43. The molecule has 2 aromatic carbocycles. The van der Waals surface area contributed by atoms with Gasteiger partial charge < -0.3 is 10.1 Å². The molecule has 11 heteroatoms. The third-order valence-corrected chi connectivity index (χ3v) is 10.3. The minimum Gasteiger partial charge on any atom is -0.461 e. The summed E-state index contributed by atoms with van der Waals surface area (Å²) >= 11 is 0. The molecule has 3 unspecified atom stereocenters. The van der Waals surface area contributed by atoms with Gasteiger partial charge in [-0.2, -0.15) is 9.97 Å². The van der Waals surface area contributed by atoms with Crippen molar-refractivity contribution < 1.29 is 13.5 Å². The molecule has 2 aromatic heterocycles. The van der Waals surface area contributed by atoms with E-state index in [0.29, 0.717) is 47.9 Å². The van der Waals surface area contributed by atoms with Gasteiger partial charge in [0.2, 0.25) is 0 Å². The van der Waals surface area contributed by atoms with Crippen LogP contribution in [0.1, 0.15) is 42.9 Å². The number of halogens is 2. The highest BCUT2D eigenvalue weighted by Crippen LogP contribution is 2.42. The highest BCUT2D eigenvalue weighted by atomic mass is 19.1. The van der Waals surface area contributed by atoms with Crippen LogP contribution in [0.25, 0.3) is 21.7 Å². The number of fused-ring (bicyclic) bond motifs is 4. The average Bonchev–Trinajstić information content (AvgIpc) is 3.72. The number of hydrogen-bond donors (Lipinski definition) is 2. The van der Waals surface area contributed by atoms with Gasteiger partial charge in [-0.1, -0.05) is 30.3 Å². The Morgan fingerprint density at radius 3 is 2.67 bits per heavy atom. The predicted molar refractivity (Wildman–Crippen MR) is 168 cm³/mol. The Kier molecular flexibility index (Phi) is 6.97. The Labute approximate surface area is 261 Å². The lowest BCUT2D eigenvalue weighted by atomic mass is 9.92. The van der Waals surface area contributed by atoms with Crippen LogP contribution in [0.5, 0.6) is 6.01 Å². The van der Waals surface area contributed by atoms with Crippen LogP contribution in [-0.2, 0) is 5.66 Å². The number of likely N-dealkylation sites (N-methyl/N-ethyl adjacent to an activating group) is 1. The van der Waals surface area contributed by atoms with Gasteiger partial charge in [-0.25, -0.2) is 14.2 Å². The summed E-state index contributed by atoms with van der Waals surface area (Å²) in [4.78, 5) is 18.7. The van der Waals surface area contributed by atoms with Crippen molar-refractivity contribution in [1.29, 1.82) is 0 Å². The lowest BCUT2D eigenvalue weighted by Crippen LogP contribution is -2.56. The Hall–Kier alpha value is -3.77. The van der Waals surface area contributed by atoms with Crippen LogP contribution in [0.15, 0.2) is 66.6 Å². The lowest BCUT2D eigenvalue weighted by Gasteiger charge is -2.39. The van der Waals surface area contributed by atoms with E-state index in [0.717, 1.165) is 42.4 Å². The zero-order valence-corrected chi connectivity index (χ0v) is 25.6. The molecule has 4 aliphatic heterocycles. The smallest absolute Gasteiger partial charge is 0.317 e. The molecule has 9 nitrogen and oxygen atoms in total. The van der Waals surface area contributed by atoms with Gasteiger partial charge in [0.05, 0.1) is 16.7 Å². The van der Waals surface area contributed by atoms with Crippen molar-refractivity contribution in [3.05, 3.63) is 83.7 Å². The molecule has 3 fully saturated rings. The summed E-state index contributed by atoms with van der Waals surface area (Å²) in [6.07, 6.45) is 8.60. The summed E-state index contributed by atoms with van der Waals surface area (Å²) in [5, 5.41) is 6.97. The molecular formula is C34H38F2N8O. The van der Waals surface area contributed by atoms with Crippen LogP contribution in [0.2, 0.25) is 0 Å². The van der Waals surface area contributed by atoms with Gasteiger partial charge >= 0.3 is 6.01 Å². The summed E-state index contributed by atoms with van der Waals surface area (Å²) in [6, 6.07) is 12.7. The number of rotatable bonds is 6. The van der Waals surface area contributed by atoms with Crippen molar-refractivity contribution in [3.8, 4) is 6.01 Å². The quantitative estimate of drug-likeness (QED) is 0.308. The van der Waals surface area contributed by atoms with Crippen molar-refractivity contribution in [2.75, 3.05) is 46.9 Å². The molecule has 234 valence electrons. The first-order valence-corrected chi connectivity index (χ1v) is 15.9. The molecule has 45 heavy (non-hydrogen) atoms. The fourth-order valence-electron chi connectivity index (χ4n) is 8.01. The van der Waals surface area contributed by atoms with E-state index in [4.69, 9.17) is 14.7 Å². The molecule has 0 saturated carbocycles. The van der Waals surface area contributed by atoms with Gasteiger partial charge in [-0.15, -0.1) is 0 Å². The minimum atomic E-state index is -1.49. The second-order valence-corrected chi connectivity index (χ2v) is 13.0. The monoisotopic (exact) mass is 612 g/mol. The molecule has 8 rings (SSSR count). The van der Waals surface area contributed by atoms with Crippen molar-refractivity contribution >= 4 is 21.7 Å². The molecular weight excluding hydrogens is 574 g/mol. The van der Waals surface area contributed by atoms with Gasteiger partial charge in [0, 0.05) is 47.9 Å². The van der Waals surface area contributed by atoms with E-state index in [1.54, 1.807) is 23.5 Å². The minimum absolute atomic E-state index is 0.0473. The highest BCUT2D eigenvalue weighted by Gasteiger charge is 2.49. The summed E-state index contributed by atoms with van der Waals surface area (Å²) < 4.78 is 38.5. The first kappa shape index (κ1) is 28.7. The van der Waals surface area contributed by atoms with Crippen molar-refractivity contribution in [3.63, 3.8) is 0 Å². The third-order valence-electron chi connectivity index (χ3n) is 10.3. The summed E-state index contributed by atoms with van der Waals surface area (Å²) in [7, 11) is 3.88. The van der Waals surface area contributed by atoms with E-state index < -0.39 is 17.9 Å². The largest absolute Gasteiger partial charge is 0.461 e. The molecule has 6 heterocycles. The molecule has 0 radical (unpaired) electrons. The lowest BCUT2D eigenvalue weighted by molar-refractivity contribution is 0.00400. The third kappa shape index (κ3) is 4.59. The molecule has 0 bridgehead atoms. The number of ether oxygens (including phenoxy) is 1. The Morgan fingerprint density at radius 2 is 1.87 bits per heavy atom. The number of nitrogens with zero attached hydrogens (tertiary/aromatic N) is 6. The maximum atomic E-state index is 16.9. The first-order valence-electron chi connectivity index (χ1n) is 15.9. The van der Waals surface area contributed by atoms with Crippen molar-refractivity contribution in [2.45, 2.75) is 49.1 Å². The molecule has 0 aliphatic carbocycles. The molecule has 2 N–H and O–H groups in total. The molecule has 3 saturated heterocycles. The number of benzene rings is 2. The number of pyridine rings is 1. The van der Waals surface area contributed by atoms with E-state index in [1.165, 1.54) is 18.9 Å². The van der Waals surface area contributed by atoms with E-state index in [9.17, 15) is 0 Å². The first-order chi connectivity index (χ1) is 21.9.